The molecule has 1 spiro atoms. The maximum atomic E-state index is 2.54. The lowest BCUT2D eigenvalue weighted by molar-refractivity contribution is 0.586. The second kappa shape index (κ2) is 7.47. The van der Waals surface area contributed by atoms with Gasteiger partial charge in [-0.05, 0) is 116 Å². The number of hydrogen-bond donors (Lipinski definition) is 0. The van der Waals surface area contributed by atoms with Gasteiger partial charge in [0.1, 0.15) is 0 Å². The normalized spacial score (nSPS) is 15.0. The third-order valence-corrected chi connectivity index (χ3v) is 9.24. The summed E-state index contributed by atoms with van der Waals surface area (Å²) in [5, 5.41) is 0. The Bertz CT molecular complexity index is 1490. The molecule has 4 aromatic rings. The molecule has 0 heterocycles. The first kappa shape index (κ1) is 24.2. The maximum Gasteiger partial charge on any atom is 0.0725 e. The molecule has 0 aromatic heterocycles. The highest BCUT2D eigenvalue weighted by Gasteiger charge is 2.52. The van der Waals surface area contributed by atoms with E-state index in [1.807, 2.05) is 0 Å². The Hall–Kier alpha value is -3.12. The summed E-state index contributed by atoms with van der Waals surface area (Å²) in [6.07, 6.45) is 0. The highest BCUT2D eigenvalue weighted by molar-refractivity contribution is 5.96. The predicted octanol–water partition coefficient (Wildman–Crippen LogP) is 9.86. The van der Waals surface area contributed by atoms with E-state index in [0.717, 1.165) is 0 Å². The molecule has 0 amide bonds. The second-order valence-corrected chi connectivity index (χ2v) is 13.7. The smallest absolute Gasteiger partial charge is 0.0579 e. The third kappa shape index (κ3) is 3.21. The van der Waals surface area contributed by atoms with Crippen molar-refractivity contribution in [1.82, 2.24) is 0 Å². The molecule has 0 saturated carbocycles. The molecule has 0 unspecified atom stereocenters. The minimum absolute atomic E-state index is 0.0816. The largest absolute Gasteiger partial charge is 0.0725 e. The van der Waals surface area contributed by atoms with Gasteiger partial charge < -0.3 is 0 Å². The highest BCUT2D eigenvalue weighted by Crippen LogP contribution is 2.64. The van der Waals surface area contributed by atoms with E-state index in [2.05, 4.69) is 130 Å². The van der Waals surface area contributed by atoms with Crippen LogP contribution in [0.4, 0.5) is 0 Å². The number of benzene rings is 4. The summed E-state index contributed by atoms with van der Waals surface area (Å²) in [4.78, 5) is 0. The number of aryl methyl sites for hydroxylation is 4. The summed E-state index contributed by atoms with van der Waals surface area (Å²) < 4.78 is 0. The third-order valence-electron chi connectivity index (χ3n) is 9.24. The monoisotopic (exact) mass is 484 g/mol. The van der Waals surface area contributed by atoms with Crippen LogP contribution in [0.25, 0.3) is 22.3 Å². The summed E-state index contributed by atoms with van der Waals surface area (Å²) >= 11 is 0. The molecular formula is C37H40. The van der Waals surface area contributed by atoms with E-state index < -0.39 is 0 Å². The van der Waals surface area contributed by atoms with Crippen LogP contribution in [0.5, 0.6) is 0 Å². The van der Waals surface area contributed by atoms with Gasteiger partial charge in [0, 0.05) is 0 Å². The van der Waals surface area contributed by atoms with E-state index in [9.17, 15) is 0 Å². The van der Waals surface area contributed by atoms with Crippen LogP contribution in [-0.2, 0) is 16.2 Å². The first-order chi connectivity index (χ1) is 17.2. The van der Waals surface area contributed by atoms with Crippen molar-refractivity contribution in [2.75, 3.05) is 0 Å². The Kier molecular flexibility index (Phi) is 4.89. The van der Waals surface area contributed by atoms with Gasteiger partial charge in [0.2, 0.25) is 0 Å². The van der Waals surface area contributed by atoms with Crippen molar-refractivity contribution in [1.29, 1.82) is 0 Å². The molecule has 188 valence electrons. The van der Waals surface area contributed by atoms with E-state index in [-0.39, 0.29) is 16.2 Å². The lowest BCUT2D eigenvalue weighted by atomic mass is 9.68. The van der Waals surface area contributed by atoms with Gasteiger partial charge in [0.05, 0.1) is 5.41 Å². The Morgan fingerprint density at radius 1 is 0.405 bits per heavy atom. The molecule has 37 heavy (non-hydrogen) atoms. The molecule has 0 atom stereocenters. The fraction of sp³-hybridized carbons (Fsp3) is 0.351. The van der Waals surface area contributed by atoms with Crippen molar-refractivity contribution in [2.24, 2.45) is 0 Å². The van der Waals surface area contributed by atoms with Crippen molar-refractivity contribution in [3.8, 4) is 22.3 Å². The summed E-state index contributed by atoms with van der Waals surface area (Å²) in [6.45, 7) is 23.1. The fourth-order valence-electron chi connectivity index (χ4n) is 6.68. The number of hydrogen-bond acceptors (Lipinski definition) is 0. The zero-order valence-corrected chi connectivity index (χ0v) is 24.3. The zero-order chi connectivity index (χ0) is 26.7. The van der Waals surface area contributed by atoms with Gasteiger partial charge in [0.15, 0.2) is 0 Å². The lowest BCUT2D eigenvalue weighted by Crippen LogP contribution is -2.27. The van der Waals surface area contributed by atoms with E-state index in [0.29, 0.717) is 0 Å². The molecule has 6 rings (SSSR count). The molecule has 0 saturated heterocycles. The Balaban J connectivity index is 1.85. The van der Waals surface area contributed by atoms with Crippen LogP contribution in [0.3, 0.4) is 0 Å². The quantitative estimate of drug-likeness (QED) is 0.201. The van der Waals surface area contributed by atoms with E-state index in [1.165, 1.54) is 77.9 Å². The molecule has 0 bridgehead atoms. The number of fused-ring (bicyclic) bond motifs is 10. The average Bonchev–Trinajstić information content (AvgIpc) is 3.24. The van der Waals surface area contributed by atoms with Crippen LogP contribution in [0.1, 0.15) is 97.2 Å². The highest BCUT2D eigenvalue weighted by atomic mass is 14.5. The van der Waals surface area contributed by atoms with Gasteiger partial charge in [-0.25, -0.2) is 0 Å². The van der Waals surface area contributed by atoms with Gasteiger partial charge >= 0.3 is 0 Å². The molecule has 2 aliphatic carbocycles. The maximum absolute atomic E-state index is 2.54. The van der Waals surface area contributed by atoms with Crippen LogP contribution >= 0.6 is 0 Å². The molecule has 0 radical (unpaired) electrons. The van der Waals surface area contributed by atoms with Crippen LogP contribution in [0.15, 0.2) is 60.7 Å². The van der Waals surface area contributed by atoms with E-state index in [4.69, 9.17) is 0 Å². The first-order valence-electron chi connectivity index (χ1n) is 13.8. The SMILES string of the molecule is Cc1cc2c(cc1C)C1(c3cc(C(C)(C)C)ccc3-c3ccc(C(C)(C)C)cc31)c1cc(C)c(C)cc1-2. The molecule has 0 aliphatic heterocycles. The molecule has 0 heteroatoms. The van der Waals surface area contributed by atoms with Crippen molar-refractivity contribution < 1.29 is 0 Å². The summed E-state index contributed by atoms with van der Waals surface area (Å²) in [6, 6.07) is 24.5. The summed E-state index contributed by atoms with van der Waals surface area (Å²) in [5.41, 5.74) is 19.5. The Labute approximate surface area is 223 Å². The lowest BCUT2D eigenvalue weighted by Gasteiger charge is -2.33. The van der Waals surface area contributed by atoms with Crippen LogP contribution in [-0.4, -0.2) is 0 Å². The molecular weight excluding hydrogens is 444 g/mol. The average molecular weight is 485 g/mol. The van der Waals surface area contributed by atoms with Crippen LogP contribution in [0, 0.1) is 27.7 Å². The molecule has 4 aromatic carbocycles. The van der Waals surface area contributed by atoms with Crippen molar-refractivity contribution >= 4 is 0 Å². The van der Waals surface area contributed by atoms with Crippen molar-refractivity contribution in [2.45, 2.75) is 85.5 Å². The molecule has 0 nitrogen and oxygen atoms in total. The van der Waals surface area contributed by atoms with Crippen LogP contribution < -0.4 is 0 Å². The Morgan fingerprint density at radius 3 is 1.08 bits per heavy atom. The summed E-state index contributed by atoms with van der Waals surface area (Å²) in [7, 11) is 0. The van der Waals surface area contributed by atoms with Gasteiger partial charge in [-0.2, -0.15) is 0 Å². The minimum atomic E-state index is -0.297. The molecule has 2 aliphatic rings. The Morgan fingerprint density at radius 2 is 0.730 bits per heavy atom. The first-order valence-corrected chi connectivity index (χ1v) is 13.8. The predicted molar refractivity (Wildman–Crippen MR) is 159 cm³/mol. The van der Waals surface area contributed by atoms with Gasteiger partial charge in [-0.3, -0.25) is 0 Å². The second-order valence-electron chi connectivity index (χ2n) is 13.7. The zero-order valence-electron chi connectivity index (χ0n) is 24.3. The minimum Gasteiger partial charge on any atom is -0.0579 e. The van der Waals surface area contributed by atoms with Gasteiger partial charge in [-0.1, -0.05) is 102 Å². The number of rotatable bonds is 0. The van der Waals surface area contributed by atoms with Crippen molar-refractivity contribution in [3.05, 3.63) is 116 Å². The van der Waals surface area contributed by atoms with Crippen molar-refractivity contribution in [3.63, 3.8) is 0 Å². The van der Waals surface area contributed by atoms with Gasteiger partial charge in [-0.15, -0.1) is 0 Å². The molecule has 0 N–H and O–H groups in total. The van der Waals surface area contributed by atoms with E-state index >= 15 is 0 Å². The fourth-order valence-corrected chi connectivity index (χ4v) is 6.68. The van der Waals surface area contributed by atoms with E-state index in [1.54, 1.807) is 0 Å². The summed E-state index contributed by atoms with van der Waals surface area (Å²) in [5.74, 6) is 0. The topological polar surface area (TPSA) is 0 Å². The van der Waals surface area contributed by atoms with Gasteiger partial charge in [0.25, 0.3) is 0 Å². The standard InChI is InChI=1S/C37H40/c1-21-15-29-30-16-22(2)24(4)18-32(30)37(31(29)17-23(21)3)33-19-25(35(5,6)7)11-13-27(33)28-14-12-26(20-34(28)37)36(8,9)10/h11-20H,1-10H3. The van der Waals surface area contributed by atoms with Crippen LogP contribution in [0.2, 0.25) is 0 Å². The molecule has 0 fully saturated rings.